The summed E-state index contributed by atoms with van der Waals surface area (Å²) in [4.78, 5) is 11.7. The number of carbonyl (C=O) groups is 1. The van der Waals surface area contributed by atoms with Crippen LogP contribution in [0.2, 0.25) is 0 Å². The van der Waals surface area contributed by atoms with Crippen molar-refractivity contribution in [3.8, 4) is 11.8 Å². The molecule has 16 heavy (non-hydrogen) atoms. The van der Waals surface area contributed by atoms with Crippen molar-refractivity contribution < 1.29 is 9.53 Å². The zero-order valence-electron chi connectivity index (χ0n) is 9.00. The van der Waals surface area contributed by atoms with Crippen molar-refractivity contribution in [2.45, 2.75) is 19.3 Å². The molecular weight excluding hydrogens is 270 g/mol. The van der Waals surface area contributed by atoms with Crippen molar-refractivity contribution >= 4 is 21.7 Å². The van der Waals surface area contributed by atoms with E-state index in [1.54, 1.807) is 25.3 Å². The third kappa shape index (κ3) is 3.35. The molecule has 1 aromatic carbocycles. The maximum absolute atomic E-state index is 11.7. The van der Waals surface area contributed by atoms with Crippen LogP contribution in [-0.2, 0) is 0 Å². The zero-order valence-corrected chi connectivity index (χ0v) is 10.6. The van der Waals surface area contributed by atoms with Crippen LogP contribution in [0.25, 0.3) is 0 Å². The average molecular weight is 282 g/mol. The number of rotatable bonds is 5. The van der Waals surface area contributed by atoms with Gasteiger partial charge >= 0.3 is 0 Å². The summed E-state index contributed by atoms with van der Waals surface area (Å²) < 4.78 is 5.84. The van der Waals surface area contributed by atoms with Crippen LogP contribution in [0.3, 0.4) is 0 Å². The van der Waals surface area contributed by atoms with Crippen LogP contribution < -0.4 is 4.74 Å². The second kappa shape index (κ2) is 6.29. The van der Waals surface area contributed by atoms with Crippen LogP contribution in [0.15, 0.2) is 22.7 Å². The number of hydrogen-bond donors (Lipinski definition) is 0. The lowest BCUT2D eigenvalue weighted by molar-refractivity contribution is 0.0980. The molecule has 0 aromatic heterocycles. The zero-order chi connectivity index (χ0) is 12.0. The molecule has 0 saturated carbocycles. The molecule has 0 N–H and O–H groups in total. The minimum atomic E-state index is 0.0543. The summed E-state index contributed by atoms with van der Waals surface area (Å²) in [6.45, 7) is 0. The summed E-state index contributed by atoms with van der Waals surface area (Å²) >= 11 is 3.33. The van der Waals surface area contributed by atoms with E-state index in [0.29, 0.717) is 30.6 Å². The summed E-state index contributed by atoms with van der Waals surface area (Å²) in [6.07, 6.45) is 1.44. The van der Waals surface area contributed by atoms with Gasteiger partial charge in [-0.3, -0.25) is 4.79 Å². The topological polar surface area (TPSA) is 50.1 Å². The lowest BCUT2D eigenvalue weighted by atomic mass is 10.1. The molecule has 0 aliphatic rings. The molecule has 0 bridgehead atoms. The van der Waals surface area contributed by atoms with E-state index in [4.69, 9.17) is 10.00 Å². The van der Waals surface area contributed by atoms with E-state index in [2.05, 4.69) is 15.9 Å². The summed E-state index contributed by atoms with van der Waals surface area (Å²) in [7, 11) is 1.58. The fourth-order valence-electron chi connectivity index (χ4n) is 1.31. The number of hydrogen-bond acceptors (Lipinski definition) is 3. The molecule has 0 amide bonds. The smallest absolute Gasteiger partial charge is 0.162 e. The minimum Gasteiger partial charge on any atom is -0.496 e. The lowest BCUT2D eigenvalue weighted by Gasteiger charge is -2.05. The first-order chi connectivity index (χ1) is 7.69. The van der Waals surface area contributed by atoms with E-state index < -0.39 is 0 Å². The third-order valence-electron chi connectivity index (χ3n) is 2.17. The molecule has 0 saturated heterocycles. The first-order valence-corrected chi connectivity index (χ1v) is 5.72. The van der Waals surface area contributed by atoms with Crippen molar-refractivity contribution in [3.63, 3.8) is 0 Å². The molecule has 3 nitrogen and oxygen atoms in total. The molecule has 1 rings (SSSR count). The molecule has 0 spiro atoms. The molecule has 0 unspecified atom stereocenters. The largest absolute Gasteiger partial charge is 0.496 e. The van der Waals surface area contributed by atoms with Gasteiger partial charge in [-0.15, -0.1) is 0 Å². The monoisotopic (exact) mass is 281 g/mol. The standard InChI is InChI=1S/C12H12BrNO2/c1-16-12-6-5-9(8-10(12)13)11(15)4-2-3-7-14/h5-6,8H,2-4H2,1H3. The van der Waals surface area contributed by atoms with Gasteiger partial charge < -0.3 is 4.74 Å². The van der Waals surface area contributed by atoms with E-state index in [1.165, 1.54) is 0 Å². The van der Waals surface area contributed by atoms with Gasteiger partial charge in [0.05, 0.1) is 17.7 Å². The van der Waals surface area contributed by atoms with Crippen LogP contribution in [0.1, 0.15) is 29.6 Å². The molecule has 0 heterocycles. The Labute approximate surface area is 103 Å². The molecule has 84 valence electrons. The average Bonchev–Trinajstić information content (AvgIpc) is 2.29. The number of ether oxygens (including phenoxy) is 1. The second-order valence-corrected chi connectivity index (χ2v) is 4.14. The van der Waals surface area contributed by atoms with Crippen LogP contribution in [0.5, 0.6) is 5.75 Å². The van der Waals surface area contributed by atoms with Crippen molar-refractivity contribution in [3.05, 3.63) is 28.2 Å². The maximum Gasteiger partial charge on any atom is 0.162 e. The first-order valence-electron chi connectivity index (χ1n) is 4.92. The molecule has 0 aliphatic heterocycles. The van der Waals surface area contributed by atoms with Gasteiger partial charge in [-0.25, -0.2) is 0 Å². The number of Topliss-reactive ketones (excluding diaryl/α,β-unsaturated/α-hetero) is 1. The molecule has 0 radical (unpaired) electrons. The maximum atomic E-state index is 11.7. The summed E-state index contributed by atoms with van der Waals surface area (Å²) in [5, 5.41) is 8.38. The Morgan fingerprint density at radius 3 is 2.88 bits per heavy atom. The Morgan fingerprint density at radius 2 is 2.31 bits per heavy atom. The number of ketones is 1. The molecule has 0 aliphatic carbocycles. The highest BCUT2D eigenvalue weighted by Gasteiger charge is 2.08. The number of benzene rings is 1. The van der Waals surface area contributed by atoms with Crippen LogP contribution in [0.4, 0.5) is 0 Å². The summed E-state index contributed by atoms with van der Waals surface area (Å²) in [5.41, 5.74) is 0.644. The summed E-state index contributed by atoms with van der Waals surface area (Å²) in [6, 6.07) is 7.25. The van der Waals surface area contributed by atoms with Crippen molar-refractivity contribution in [2.24, 2.45) is 0 Å². The van der Waals surface area contributed by atoms with E-state index in [0.717, 1.165) is 4.47 Å². The van der Waals surface area contributed by atoms with E-state index in [9.17, 15) is 4.79 Å². The van der Waals surface area contributed by atoms with Crippen molar-refractivity contribution in [1.82, 2.24) is 0 Å². The fraction of sp³-hybridized carbons (Fsp3) is 0.333. The molecule has 1 aromatic rings. The SMILES string of the molecule is COc1ccc(C(=O)CCCC#N)cc1Br. The highest BCUT2D eigenvalue weighted by molar-refractivity contribution is 9.10. The molecule has 0 atom stereocenters. The summed E-state index contributed by atoms with van der Waals surface area (Å²) in [5.74, 6) is 0.757. The van der Waals surface area contributed by atoms with Crippen molar-refractivity contribution in [2.75, 3.05) is 7.11 Å². The first kappa shape index (κ1) is 12.7. The number of halogens is 1. The Morgan fingerprint density at radius 1 is 1.56 bits per heavy atom. The number of carbonyl (C=O) groups excluding carboxylic acids is 1. The number of unbranched alkanes of at least 4 members (excludes halogenated alkanes) is 1. The Balaban J connectivity index is 2.70. The van der Waals surface area contributed by atoms with Gasteiger partial charge in [-0.05, 0) is 40.5 Å². The quantitative estimate of drug-likeness (QED) is 0.614. The predicted octanol–water partition coefficient (Wildman–Crippen LogP) is 3.33. The molecule has 4 heteroatoms. The van der Waals surface area contributed by atoms with Crippen molar-refractivity contribution in [1.29, 1.82) is 5.26 Å². The van der Waals surface area contributed by atoms with Crippen LogP contribution in [0, 0.1) is 11.3 Å². The Hall–Kier alpha value is -1.34. The third-order valence-corrected chi connectivity index (χ3v) is 2.79. The fourth-order valence-corrected chi connectivity index (χ4v) is 1.85. The Bertz CT molecular complexity index is 424. The van der Waals surface area contributed by atoms with Gasteiger partial charge in [-0.2, -0.15) is 5.26 Å². The predicted molar refractivity (Wildman–Crippen MR) is 64.5 cm³/mol. The number of nitriles is 1. The highest BCUT2D eigenvalue weighted by atomic mass is 79.9. The van der Waals surface area contributed by atoms with E-state index in [1.807, 2.05) is 6.07 Å². The van der Waals surface area contributed by atoms with E-state index in [-0.39, 0.29) is 5.78 Å². The van der Waals surface area contributed by atoms with Gasteiger partial charge in [0.2, 0.25) is 0 Å². The normalized spacial score (nSPS) is 9.56. The van der Waals surface area contributed by atoms with Gasteiger partial charge in [-0.1, -0.05) is 0 Å². The Kier molecular flexibility index (Phi) is 5.00. The van der Waals surface area contributed by atoms with Crippen LogP contribution >= 0.6 is 15.9 Å². The minimum absolute atomic E-state index is 0.0543. The number of methoxy groups -OCH3 is 1. The molecular formula is C12H12BrNO2. The number of nitrogens with zero attached hydrogens (tertiary/aromatic N) is 1. The second-order valence-electron chi connectivity index (χ2n) is 3.28. The van der Waals surface area contributed by atoms with Crippen LogP contribution in [-0.4, -0.2) is 12.9 Å². The highest BCUT2D eigenvalue weighted by Crippen LogP contribution is 2.26. The van der Waals surface area contributed by atoms with Gasteiger partial charge in [0.1, 0.15) is 5.75 Å². The van der Waals surface area contributed by atoms with Gasteiger partial charge in [0.25, 0.3) is 0 Å². The van der Waals surface area contributed by atoms with E-state index >= 15 is 0 Å². The van der Waals surface area contributed by atoms with Gasteiger partial charge in [0.15, 0.2) is 5.78 Å². The molecule has 0 fully saturated rings. The lowest BCUT2D eigenvalue weighted by Crippen LogP contribution is -1.99. The van der Waals surface area contributed by atoms with Gasteiger partial charge in [0, 0.05) is 18.4 Å².